The van der Waals surface area contributed by atoms with E-state index in [1.165, 1.54) is 6.33 Å². The zero-order valence-corrected chi connectivity index (χ0v) is 5.86. The van der Waals surface area contributed by atoms with Crippen LogP contribution in [-0.4, -0.2) is 14.9 Å². The maximum atomic E-state index is 8.57. The molecule has 0 bridgehead atoms. The molecule has 0 atom stereocenters. The van der Waals surface area contributed by atoms with Gasteiger partial charge in [0.15, 0.2) is 6.19 Å². The van der Waals surface area contributed by atoms with Crippen LogP contribution in [0.3, 0.4) is 0 Å². The van der Waals surface area contributed by atoms with E-state index in [1.54, 1.807) is 11.1 Å². The van der Waals surface area contributed by atoms with E-state index >= 15 is 0 Å². The van der Waals surface area contributed by atoms with Gasteiger partial charge in [-0.2, -0.15) is 5.26 Å². The van der Waals surface area contributed by atoms with Crippen molar-refractivity contribution in [2.75, 3.05) is 0 Å². The van der Waals surface area contributed by atoms with Crippen LogP contribution >= 0.6 is 0 Å². The summed E-state index contributed by atoms with van der Waals surface area (Å²) in [6, 6.07) is 0. The van der Waals surface area contributed by atoms with Crippen LogP contribution < -0.4 is 0 Å². The van der Waals surface area contributed by atoms with Crippen LogP contribution in [0.4, 0.5) is 0 Å². The number of aromatic nitrogens is 2. The lowest BCUT2D eigenvalue weighted by Gasteiger charge is -2.00. The van der Waals surface area contributed by atoms with Crippen LogP contribution in [-0.2, 0) is 13.1 Å². The second-order valence-electron chi connectivity index (χ2n) is 2.45. The topological polar surface area (TPSA) is 52.8 Å². The monoisotopic (exact) mass is 146 g/mol. The van der Waals surface area contributed by atoms with Crippen molar-refractivity contribution in [3.63, 3.8) is 0 Å². The third-order valence-electron chi connectivity index (χ3n) is 1.72. The molecule has 0 amide bonds. The lowest BCUT2D eigenvalue weighted by Crippen LogP contribution is -2.07. The molecule has 0 unspecified atom stereocenters. The van der Waals surface area contributed by atoms with Gasteiger partial charge in [-0.15, -0.1) is 0 Å². The normalized spacial score (nSPS) is 14.3. The quantitative estimate of drug-likeness (QED) is 0.493. The summed E-state index contributed by atoms with van der Waals surface area (Å²) in [4.78, 5) is 9.58. The Labute approximate surface area is 64.1 Å². The lowest BCUT2D eigenvalue weighted by atomic mass is 10.3. The maximum Gasteiger partial charge on any atom is 0.180 e. The Morgan fingerprint density at radius 2 is 2.45 bits per heavy atom. The van der Waals surface area contributed by atoms with Crippen LogP contribution in [0.2, 0.25) is 0 Å². The highest BCUT2D eigenvalue weighted by Gasteiger charge is 2.17. The van der Waals surface area contributed by atoms with Gasteiger partial charge in [-0.05, 0) is 0 Å². The number of fused-ring (bicyclic) bond motifs is 1. The second kappa shape index (κ2) is 2.20. The SMILES string of the molecule is N#CN1Cc2cncnc2C1. The van der Waals surface area contributed by atoms with Gasteiger partial charge in [0.2, 0.25) is 0 Å². The fourth-order valence-electron chi connectivity index (χ4n) is 1.17. The van der Waals surface area contributed by atoms with Gasteiger partial charge in [-0.1, -0.05) is 0 Å². The second-order valence-corrected chi connectivity index (χ2v) is 2.45. The standard InChI is InChI=1S/C7H6N4/c8-4-11-2-6-1-9-5-10-7(6)3-11/h1,5H,2-3H2. The molecule has 2 rings (SSSR count). The Bertz CT molecular complexity index is 289. The van der Waals surface area contributed by atoms with E-state index in [4.69, 9.17) is 5.26 Å². The molecule has 1 aliphatic rings. The average molecular weight is 146 g/mol. The summed E-state index contributed by atoms with van der Waals surface area (Å²) in [5.41, 5.74) is 2.04. The van der Waals surface area contributed by atoms with E-state index in [-0.39, 0.29) is 0 Å². The first-order valence-corrected chi connectivity index (χ1v) is 3.32. The van der Waals surface area contributed by atoms with Gasteiger partial charge in [0.25, 0.3) is 0 Å². The number of hydrogen-bond donors (Lipinski definition) is 0. The van der Waals surface area contributed by atoms with Crippen molar-refractivity contribution in [3.05, 3.63) is 23.8 Å². The number of nitriles is 1. The van der Waals surface area contributed by atoms with Crippen molar-refractivity contribution in [2.45, 2.75) is 13.1 Å². The van der Waals surface area contributed by atoms with Gasteiger partial charge < -0.3 is 4.90 Å². The molecule has 0 radical (unpaired) electrons. The molecule has 4 nitrogen and oxygen atoms in total. The van der Waals surface area contributed by atoms with Crippen LogP contribution in [0, 0.1) is 11.5 Å². The van der Waals surface area contributed by atoms with Crippen LogP contribution in [0.25, 0.3) is 0 Å². The van der Waals surface area contributed by atoms with Gasteiger partial charge >= 0.3 is 0 Å². The number of hydrogen-bond acceptors (Lipinski definition) is 4. The molecule has 1 aromatic heterocycles. The van der Waals surface area contributed by atoms with E-state index in [0.717, 1.165) is 11.3 Å². The molecule has 54 valence electrons. The molecule has 0 fully saturated rings. The Kier molecular flexibility index (Phi) is 1.22. The van der Waals surface area contributed by atoms with Gasteiger partial charge in [0.1, 0.15) is 6.33 Å². The number of nitrogens with zero attached hydrogens (tertiary/aromatic N) is 4. The Morgan fingerprint density at radius 3 is 3.18 bits per heavy atom. The highest BCUT2D eigenvalue weighted by molar-refractivity contribution is 5.21. The summed E-state index contributed by atoms with van der Waals surface area (Å²) in [6.07, 6.45) is 5.35. The fourth-order valence-corrected chi connectivity index (χ4v) is 1.17. The molecular weight excluding hydrogens is 140 g/mol. The smallest absolute Gasteiger partial charge is 0.180 e. The fraction of sp³-hybridized carbons (Fsp3) is 0.286. The molecule has 0 aromatic carbocycles. The van der Waals surface area contributed by atoms with Crippen LogP contribution in [0.1, 0.15) is 11.3 Å². The van der Waals surface area contributed by atoms with Crippen molar-refractivity contribution in [2.24, 2.45) is 0 Å². The van der Waals surface area contributed by atoms with Crippen molar-refractivity contribution in [3.8, 4) is 6.19 Å². The third-order valence-corrected chi connectivity index (χ3v) is 1.72. The lowest BCUT2D eigenvalue weighted by molar-refractivity contribution is 0.415. The molecule has 1 aromatic rings. The molecule has 0 saturated heterocycles. The van der Waals surface area contributed by atoms with Gasteiger partial charge in [-0.25, -0.2) is 9.97 Å². The summed E-state index contributed by atoms with van der Waals surface area (Å²) >= 11 is 0. The van der Waals surface area contributed by atoms with E-state index in [1.807, 2.05) is 0 Å². The summed E-state index contributed by atoms with van der Waals surface area (Å²) < 4.78 is 0. The molecule has 11 heavy (non-hydrogen) atoms. The molecule has 4 heteroatoms. The van der Waals surface area contributed by atoms with Gasteiger partial charge in [0, 0.05) is 11.8 Å². The summed E-state index contributed by atoms with van der Waals surface area (Å²) in [5.74, 6) is 0. The first-order chi connectivity index (χ1) is 5.40. The minimum Gasteiger partial charge on any atom is -0.300 e. The van der Waals surface area contributed by atoms with Crippen molar-refractivity contribution >= 4 is 0 Å². The Hall–Kier alpha value is -1.63. The van der Waals surface area contributed by atoms with E-state index in [2.05, 4.69) is 16.2 Å². The average Bonchev–Trinajstić information content (AvgIpc) is 2.46. The highest BCUT2D eigenvalue weighted by atomic mass is 15.1. The van der Waals surface area contributed by atoms with E-state index < -0.39 is 0 Å². The van der Waals surface area contributed by atoms with Crippen LogP contribution in [0.15, 0.2) is 12.5 Å². The third kappa shape index (κ3) is 0.905. The Morgan fingerprint density at radius 1 is 1.55 bits per heavy atom. The Balaban J connectivity index is 2.35. The molecule has 0 aliphatic carbocycles. The van der Waals surface area contributed by atoms with Crippen molar-refractivity contribution in [1.29, 1.82) is 5.26 Å². The van der Waals surface area contributed by atoms with Crippen molar-refractivity contribution in [1.82, 2.24) is 14.9 Å². The van der Waals surface area contributed by atoms with Crippen molar-refractivity contribution < 1.29 is 0 Å². The highest BCUT2D eigenvalue weighted by Crippen LogP contribution is 2.17. The molecule has 1 aliphatic heterocycles. The zero-order chi connectivity index (χ0) is 7.68. The molecule has 0 saturated carbocycles. The minimum absolute atomic E-state index is 0.633. The first-order valence-electron chi connectivity index (χ1n) is 3.32. The number of rotatable bonds is 0. The molecule has 2 heterocycles. The molecular formula is C7H6N4. The van der Waals surface area contributed by atoms with E-state index in [9.17, 15) is 0 Å². The largest absolute Gasteiger partial charge is 0.300 e. The van der Waals surface area contributed by atoms with Gasteiger partial charge in [-0.3, -0.25) is 0 Å². The predicted octanol–water partition coefficient (Wildman–Crippen LogP) is 0.273. The maximum absolute atomic E-state index is 8.57. The molecule has 0 N–H and O–H groups in total. The summed E-state index contributed by atoms with van der Waals surface area (Å²) in [6.45, 7) is 1.29. The van der Waals surface area contributed by atoms with E-state index in [0.29, 0.717) is 13.1 Å². The first kappa shape index (κ1) is 6.10. The minimum atomic E-state index is 0.633. The zero-order valence-electron chi connectivity index (χ0n) is 5.86. The predicted molar refractivity (Wildman–Crippen MR) is 36.9 cm³/mol. The summed E-state index contributed by atoms with van der Waals surface area (Å²) in [7, 11) is 0. The van der Waals surface area contributed by atoms with Crippen LogP contribution in [0.5, 0.6) is 0 Å². The van der Waals surface area contributed by atoms with Gasteiger partial charge in [0.05, 0.1) is 18.8 Å². The summed E-state index contributed by atoms with van der Waals surface area (Å²) in [5, 5.41) is 8.57. The molecule has 0 spiro atoms.